The standard InChI is InChI=1S/C27H24O2P.BrH/c1-22(28)29-24-19-17-23(18-20-24)21-30(25-11-5-2-6-12-25,26-13-7-3-8-14-26)27-15-9-4-10-16-27;/h2-20H,21H2,1H3;1H/q+1;/p-1. The highest BCUT2D eigenvalue weighted by atomic mass is 79.9. The number of halogens is 1. The fraction of sp³-hybridized carbons (Fsp3) is 0.0741. The van der Waals surface area contributed by atoms with E-state index in [1.807, 2.05) is 12.1 Å². The summed E-state index contributed by atoms with van der Waals surface area (Å²) in [6.45, 7) is 1.42. The number of ether oxygens (including phenoxy) is 1. The quantitative estimate of drug-likeness (QED) is 0.235. The first-order valence-corrected chi connectivity index (χ1v) is 12.0. The minimum Gasteiger partial charge on any atom is -1.00 e. The second-order valence-corrected chi connectivity index (χ2v) is 10.7. The van der Waals surface area contributed by atoms with E-state index >= 15 is 0 Å². The molecule has 0 fully saturated rings. The number of hydrogen-bond donors (Lipinski definition) is 0. The van der Waals surface area contributed by atoms with Crippen LogP contribution >= 0.6 is 7.26 Å². The lowest BCUT2D eigenvalue weighted by Gasteiger charge is -2.27. The molecule has 0 saturated carbocycles. The molecule has 0 unspecified atom stereocenters. The summed E-state index contributed by atoms with van der Waals surface area (Å²) in [5.74, 6) is 0.275. The predicted molar refractivity (Wildman–Crippen MR) is 127 cm³/mol. The maximum absolute atomic E-state index is 11.3. The van der Waals surface area contributed by atoms with E-state index in [0.29, 0.717) is 5.75 Å². The van der Waals surface area contributed by atoms with Crippen LogP contribution in [0.25, 0.3) is 0 Å². The van der Waals surface area contributed by atoms with Crippen molar-refractivity contribution in [3.05, 3.63) is 121 Å². The Bertz CT molecular complexity index is 1000. The molecule has 0 saturated heterocycles. The molecule has 0 aliphatic heterocycles. The number of esters is 1. The Balaban J connectivity index is 0.00000272. The molecule has 0 bridgehead atoms. The van der Waals surface area contributed by atoms with Gasteiger partial charge in [-0.15, -0.1) is 0 Å². The molecule has 0 atom stereocenters. The van der Waals surface area contributed by atoms with Crippen molar-refractivity contribution in [3.8, 4) is 5.75 Å². The Kier molecular flexibility index (Phi) is 7.79. The third-order valence-electron chi connectivity index (χ3n) is 5.20. The van der Waals surface area contributed by atoms with E-state index in [9.17, 15) is 4.79 Å². The van der Waals surface area contributed by atoms with Crippen LogP contribution in [0.5, 0.6) is 5.75 Å². The molecule has 4 aromatic carbocycles. The zero-order chi connectivity index (χ0) is 20.8. The third kappa shape index (κ3) is 5.12. The van der Waals surface area contributed by atoms with Gasteiger partial charge in [0.1, 0.15) is 28.9 Å². The molecule has 4 rings (SSSR count). The molecule has 156 valence electrons. The van der Waals surface area contributed by atoms with Crippen LogP contribution in [0.15, 0.2) is 115 Å². The van der Waals surface area contributed by atoms with Crippen LogP contribution < -0.4 is 37.6 Å². The van der Waals surface area contributed by atoms with Crippen molar-refractivity contribution in [3.63, 3.8) is 0 Å². The molecule has 0 aliphatic rings. The second-order valence-electron chi connectivity index (χ2n) is 7.21. The highest BCUT2D eigenvalue weighted by Gasteiger charge is 2.45. The van der Waals surface area contributed by atoms with Crippen LogP contribution in [-0.2, 0) is 11.0 Å². The second kappa shape index (κ2) is 10.5. The van der Waals surface area contributed by atoms with E-state index in [4.69, 9.17) is 4.74 Å². The number of benzene rings is 4. The van der Waals surface area contributed by atoms with Crippen molar-refractivity contribution < 1.29 is 26.5 Å². The Hall–Kier alpha value is -2.74. The smallest absolute Gasteiger partial charge is 0.308 e. The van der Waals surface area contributed by atoms with Crippen molar-refractivity contribution in [1.82, 2.24) is 0 Å². The minimum atomic E-state index is -1.93. The molecule has 0 heterocycles. The number of hydrogen-bond acceptors (Lipinski definition) is 2. The van der Waals surface area contributed by atoms with Crippen molar-refractivity contribution in [2.45, 2.75) is 13.1 Å². The van der Waals surface area contributed by atoms with Crippen LogP contribution in [0.2, 0.25) is 0 Å². The summed E-state index contributed by atoms with van der Waals surface area (Å²) in [5, 5.41) is 4.06. The lowest BCUT2D eigenvalue weighted by Crippen LogP contribution is -3.00. The molecule has 0 aliphatic carbocycles. The molecule has 0 N–H and O–H groups in total. The van der Waals surface area contributed by atoms with Gasteiger partial charge in [0.05, 0.1) is 6.16 Å². The van der Waals surface area contributed by atoms with E-state index in [1.54, 1.807) is 0 Å². The number of carbonyl (C=O) groups is 1. The van der Waals surface area contributed by atoms with Gasteiger partial charge in [-0.2, -0.15) is 0 Å². The van der Waals surface area contributed by atoms with Crippen LogP contribution in [0, 0.1) is 0 Å². The summed E-state index contributed by atoms with van der Waals surface area (Å²) in [5.41, 5.74) is 1.22. The first-order valence-electron chi connectivity index (χ1n) is 10.0. The summed E-state index contributed by atoms with van der Waals surface area (Å²) in [6.07, 6.45) is 0.894. The van der Waals surface area contributed by atoms with Gasteiger partial charge in [-0.1, -0.05) is 66.7 Å². The van der Waals surface area contributed by atoms with Gasteiger partial charge in [-0.05, 0) is 54.1 Å². The molecule has 2 nitrogen and oxygen atoms in total. The van der Waals surface area contributed by atoms with Gasteiger partial charge >= 0.3 is 5.97 Å². The fourth-order valence-electron chi connectivity index (χ4n) is 3.87. The normalized spacial score (nSPS) is 10.7. The van der Waals surface area contributed by atoms with Crippen molar-refractivity contribution >= 4 is 29.1 Å². The van der Waals surface area contributed by atoms with Gasteiger partial charge in [-0.25, -0.2) is 0 Å². The van der Waals surface area contributed by atoms with Gasteiger partial charge in [0, 0.05) is 6.92 Å². The Labute approximate surface area is 195 Å². The van der Waals surface area contributed by atoms with Gasteiger partial charge in [0.25, 0.3) is 0 Å². The van der Waals surface area contributed by atoms with Gasteiger partial charge in [0.15, 0.2) is 0 Å². The molecule has 31 heavy (non-hydrogen) atoms. The highest BCUT2D eigenvalue weighted by molar-refractivity contribution is 7.95. The van der Waals surface area contributed by atoms with Crippen molar-refractivity contribution in [2.24, 2.45) is 0 Å². The zero-order valence-electron chi connectivity index (χ0n) is 17.3. The summed E-state index contributed by atoms with van der Waals surface area (Å²) in [4.78, 5) is 11.3. The molecule has 4 aromatic rings. The molecule has 0 spiro atoms. The van der Waals surface area contributed by atoms with Crippen LogP contribution in [0.3, 0.4) is 0 Å². The predicted octanol–water partition coefficient (Wildman–Crippen LogP) is 2.11. The fourth-order valence-corrected chi connectivity index (χ4v) is 8.12. The van der Waals surface area contributed by atoms with E-state index in [-0.39, 0.29) is 23.0 Å². The maximum atomic E-state index is 11.3. The summed E-state index contributed by atoms with van der Waals surface area (Å²) in [7, 11) is -1.93. The average molecular weight is 491 g/mol. The van der Waals surface area contributed by atoms with Crippen LogP contribution in [0.1, 0.15) is 12.5 Å². The van der Waals surface area contributed by atoms with E-state index in [1.165, 1.54) is 28.4 Å². The van der Waals surface area contributed by atoms with E-state index < -0.39 is 7.26 Å². The minimum absolute atomic E-state index is 0. The SMILES string of the molecule is CC(=O)Oc1ccc(C[P+](c2ccccc2)(c2ccccc2)c2ccccc2)cc1.[Br-]. The van der Waals surface area contributed by atoms with Gasteiger partial charge < -0.3 is 21.7 Å². The zero-order valence-corrected chi connectivity index (χ0v) is 19.8. The summed E-state index contributed by atoms with van der Waals surface area (Å²) >= 11 is 0. The van der Waals surface area contributed by atoms with Crippen molar-refractivity contribution in [1.29, 1.82) is 0 Å². The number of rotatable bonds is 6. The molecular weight excluding hydrogens is 467 g/mol. The summed E-state index contributed by atoms with van der Waals surface area (Å²) < 4.78 is 5.22. The van der Waals surface area contributed by atoms with E-state index in [2.05, 4.69) is 103 Å². The van der Waals surface area contributed by atoms with Gasteiger partial charge in [-0.3, -0.25) is 4.79 Å². The molecular formula is C27H24BrO2P. The molecule has 4 heteroatoms. The first kappa shape index (κ1) is 22.9. The Morgan fingerprint density at radius 2 is 1.03 bits per heavy atom. The van der Waals surface area contributed by atoms with Crippen LogP contribution in [-0.4, -0.2) is 5.97 Å². The van der Waals surface area contributed by atoms with Crippen molar-refractivity contribution in [2.75, 3.05) is 0 Å². The lowest BCUT2D eigenvalue weighted by molar-refractivity contribution is -0.131. The third-order valence-corrected chi connectivity index (χ3v) is 9.57. The lowest BCUT2D eigenvalue weighted by atomic mass is 10.2. The maximum Gasteiger partial charge on any atom is 0.308 e. The molecule has 0 amide bonds. The summed E-state index contributed by atoms with van der Waals surface area (Å²) in [6, 6.07) is 40.4. The van der Waals surface area contributed by atoms with Crippen LogP contribution in [0.4, 0.5) is 0 Å². The Morgan fingerprint density at radius 3 is 1.39 bits per heavy atom. The first-order chi connectivity index (χ1) is 14.7. The Morgan fingerprint density at radius 1 is 0.645 bits per heavy atom. The molecule has 0 radical (unpaired) electrons. The number of carbonyl (C=O) groups excluding carboxylic acids is 1. The molecule has 0 aromatic heterocycles. The highest BCUT2D eigenvalue weighted by Crippen LogP contribution is 2.58. The topological polar surface area (TPSA) is 26.3 Å². The van der Waals surface area contributed by atoms with E-state index in [0.717, 1.165) is 6.16 Å². The van der Waals surface area contributed by atoms with Gasteiger partial charge in [0.2, 0.25) is 0 Å². The largest absolute Gasteiger partial charge is 1.00 e. The monoisotopic (exact) mass is 490 g/mol. The average Bonchev–Trinajstić information content (AvgIpc) is 2.80.